The van der Waals surface area contributed by atoms with Gasteiger partial charge in [0.05, 0.1) is 20.0 Å². The monoisotopic (exact) mass is 444 g/mol. The third kappa shape index (κ3) is 5.52. The Morgan fingerprint density at radius 2 is 1.87 bits per heavy atom. The molecule has 0 radical (unpaired) electrons. The Kier molecular flexibility index (Phi) is 7.11. The Hall–Kier alpha value is -3.14. The van der Waals surface area contributed by atoms with E-state index in [1.54, 1.807) is 30.5 Å². The van der Waals surface area contributed by atoms with Gasteiger partial charge in [-0.2, -0.15) is 0 Å². The van der Waals surface area contributed by atoms with Gasteiger partial charge >= 0.3 is 0 Å². The summed E-state index contributed by atoms with van der Waals surface area (Å²) in [5.41, 5.74) is 1.63. The quantitative estimate of drug-likeness (QED) is 0.542. The average Bonchev–Trinajstić information content (AvgIpc) is 3.27. The smallest absolute Gasteiger partial charge is 0.255 e. The molecule has 9 heteroatoms. The van der Waals surface area contributed by atoms with E-state index in [2.05, 4.69) is 5.32 Å². The molecule has 0 aliphatic rings. The van der Waals surface area contributed by atoms with Crippen molar-refractivity contribution in [2.75, 3.05) is 26.5 Å². The Morgan fingerprint density at radius 3 is 2.55 bits per heavy atom. The number of furan rings is 1. The van der Waals surface area contributed by atoms with E-state index < -0.39 is 15.9 Å². The lowest BCUT2D eigenvalue weighted by Gasteiger charge is -2.15. The van der Waals surface area contributed by atoms with Gasteiger partial charge in [0.2, 0.25) is 10.0 Å². The maximum Gasteiger partial charge on any atom is 0.255 e. The van der Waals surface area contributed by atoms with Crippen LogP contribution in [0.5, 0.6) is 5.75 Å². The van der Waals surface area contributed by atoms with Crippen molar-refractivity contribution < 1.29 is 27.1 Å². The molecule has 0 unspecified atom stereocenters. The number of hydrogen-bond acceptors (Lipinski definition) is 6. The second-order valence-corrected chi connectivity index (χ2v) is 9.00. The van der Waals surface area contributed by atoms with E-state index in [1.165, 1.54) is 39.4 Å². The molecule has 3 rings (SSSR count). The van der Waals surface area contributed by atoms with Crippen LogP contribution in [0.2, 0.25) is 0 Å². The number of benzene rings is 2. The zero-order chi connectivity index (χ0) is 22.4. The summed E-state index contributed by atoms with van der Waals surface area (Å²) in [6.45, 7) is 0.691. The molecule has 0 saturated carbocycles. The van der Waals surface area contributed by atoms with Crippen LogP contribution in [0.3, 0.4) is 0 Å². The van der Waals surface area contributed by atoms with Crippen molar-refractivity contribution in [1.82, 2.24) is 4.31 Å². The molecule has 0 fully saturated rings. The molecule has 1 heterocycles. The highest BCUT2D eigenvalue weighted by molar-refractivity contribution is 7.89. The maximum atomic E-state index is 12.7. The summed E-state index contributed by atoms with van der Waals surface area (Å²) in [5, 5.41) is 2.79. The fourth-order valence-electron chi connectivity index (χ4n) is 2.82. The van der Waals surface area contributed by atoms with E-state index in [4.69, 9.17) is 13.9 Å². The van der Waals surface area contributed by atoms with Crippen molar-refractivity contribution in [3.63, 3.8) is 0 Å². The second-order valence-electron chi connectivity index (χ2n) is 6.88. The van der Waals surface area contributed by atoms with Crippen molar-refractivity contribution in [2.45, 2.75) is 18.1 Å². The summed E-state index contributed by atoms with van der Waals surface area (Å²) in [6, 6.07) is 15.1. The van der Waals surface area contributed by atoms with Crippen LogP contribution in [0, 0.1) is 0 Å². The number of sulfonamides is 1. The first-order chi connectivity index (χ1) is 14.8. The summed E-state index contributed by atoms with van der Waals surface area (Å²) in [5.74, 6) is 0.458. The minimum atomic E-state index is -3.78. The number of anilines is 1. The third-order valence-corrected chi connectivity index (χ3v) is 6.30. The summed E-state index contributed by atoms with van der Waals surface area (Å²) < 4.78 is 42.2. The number of nitrogens with zero attached hydrogens (tertiary/aromatic N) is 1. The third-order valence-electron chi connectivity index (χ3n) is 4.46. The molecule has 2 aromatic carbocycles. The summed E-state index contributed by atoms with van der Waals surface area (Å²) in [4.78, 5) is 12.7. The van der Waals surface area contributed by atoms with Crippen LogP contribution in [0.15, 0.2) is 70.2 Å². The Bertz CT molecular complexity index is 1140. The van der Waals surface area contributed by atoms with Gasteiger partial charge in [0.1, 0.15) is 23.0 Å². The van der Waals surface area contributed by atoms with Crippen molar-refractivity contribution in [3.05, 3.63) is 77.7 Å². The highest BCUT2D eigenvalue weighted by atomic mass is 32.2. The number of nitrogens with one attached hydrogen (secondary N) is 1. The Labute approximate surface area is 181 Å². The van der Waals surface area contributed by atoms with E-state index >= 15 is 0 Å². The minimum absolute atomic E-state index is 0.0762. The predicted octanol–water partition coefficient (Wildman–Crippen LogP) is 3.51. The minimum Gasteiger partial charge on any atom is -0.495 e. The zero-order valence-electron chi connectivity index (χ0n) is 17.5. The molecule has 3 aromatic rings. The lowest BCUT2D eigenvalue weighted by Crippen LogP contribution is -2.23. The molecule has 1 aromatic heterocycles. The molecular weight excluding hydrogens is 420 g/mol. The first-order valence-electron chi connectivity index (χ1n) is 9.42. The molecule has 0 aliphatic heterocycles. The van der Waals surface area contributed by atoms with E-state index in [0.29, 0.717) is 18.9 Å². The van der Waals surface area contributed by atoms with Crippen LogP contribution in [0.1, 0.15) is 21.7 Å². The predicted molar refractivity (Wildman–Crippen MR) is 115 cm³/mol. The molecule has 1 amide bonds. The fraction of sp³-hybridized carbons (Fsp3) is 0.227. The normalized spacial score (nSPS) is 11.5. The molecule has 0 bridgehead atoms. The number of carbonyl (C=O) groups is 1. The lowest BCUT2D eigenvalue weighted by atomic mass is 10.1. The van der Waals surface area contributed by atoms with E-state index in [1.807, 2.05) is 12.1 Å². The van der Waals surface area contributed by atoms with Crippen LogP contribution >= 0.6 is 0 Å². The largest absolute Gasteiger partial charge is 0.495 e. The Balaban J connectivity index is 1.72. The van der Waals surface area contributed by atoms with Crippen LogP contribution in [0.25, 0.3) is 0 Å². The Morgan fingerprint density at radius 1 is 1.06 bits per heavy atom. The number of methoxy groups -OCH3 is 1. The van der Waals surface area contributed by atoms with E-state index in [9.17, 15) is 13.2 Å². The van der Waals surface area contributed by atoms with Gasteiger partial charge in [0, 0.05) is 25.3 Å². The van der Waals surface area contributed by atoms with Gasteiger partial charge in [-0.05, 0) is 48.0 Å². The molecular formula is C22H24N2O6S. The second kappa shape index (κ2) is 9.78. The average molecular weight is 445 g/mol. The van der Waals surface area contributed by atoms with Gasteiger partial charge in [-0.25, -0.2) is 12.7 Å². The molecule has 164 valence electrons. The SMILES string of the molecule is COc1ccc(C(=O)Nc2cccc(COCc3ccco3)c2)cc1S(=O)(=O)N(C)C. The molecule has 0 saturated heterocycles. The van der Waals surface area contributed by atoms with Crippen molar-refractivity contribution in [3.8, 4) is 5.75 Å². The molecule has 0 atom stereocenters. The van der Waals surface area contributed by atoms with Gasteiger partial charge in [-0.3, -0.25) is 4.79 Å². The van der Waals surface area contributed by atoms with Crippen LogP contribution in [-0.2, 0) is 28.0 Å². The van der Waals surface area contributed by atoms with Gasteiger partial charge in [0.25, 0.3) is 5.91 Å². The summed E-state index contributed by atoms with van der Waals surface area (Å²) in [7, 11) is 0.433. The van der Waals surface area contributed by atoms with Crippen LogP contribution < -0.4 is 10.1 Å². The van der Waals surface area contributed by atoms with Crippen LogP contribution in [0.4, 0.5) is 5.69 Å². The van der Waals surface area contributed by atoms with Crippen molar-refractivity contribution in [1.29, 1.82) is 0 Å². The molecule has 31 heavy (non-hydrogen) atoms. The van der Waals surface area contributed by atoms with Crippen molar-refractivity contribution in [2.24, 2.45) is 0 Å². The summed E-state index contributed by atoms with van der Waals surface area (Å²) >= 11 is 0. The standard InChI is InChI=1S/C22H24N2O6S/c1-24(2)31(26,27)21-13-17(9-10-20(21)28-3)22(25)23-18-7-4-6-16(12-18)14-29-15-19-8-5-11-30-19/h4-13H,14-15H2,1-3H3,(H,23,25). The first kappa shape index (κ1) is 22.5. The van der Waals surface area contributed by atoms with Gasteiger partial charge in [-0.1, -0.05) is 12.1 Å². The van der Waals surface area contributed by atoms with Gasteiger partial charge in [0.15, 0.2) is 0 Å². The van der Waals surface area contributed by atoms with Gasteiger partial charge < -0.3 is 19.2 Å². The number of hydrogen-bond donors (Lipinski definition) is 1. The maximum absolute atomic E-state index is 12.7. The van der Waals surface area contributed by atoms with Crippen LogP contribution in [-0.4, -0.2) is 39.8 Å². The number of carbonyl (C=O) groups excluding carboxylic acids is 1. The topological polar surface area (TPSA) is 98.1 Å². The number of ether oxygens (including phenoxy) is 2. The highest BCUT2D eigenvalue weighted by Crippen LogP contribution is 2.27. The van der Waals surface area contributed by atoms with Crippen molar-refractivity contribution >= 4 is 21.6 Å². The molecule has 1 N–H and O–H groups in total. The molecule has 0 aliphatic carbocycles. The van der Waals surface area contributed by atoms with Gasteiger partial charge in [-0.15, -0.1) is 0 Å². The van der Waals surface area contributed by atoms with E-state index in [0.717, 1.165) is 15.6 Å². The summed E-state index contributed by atoms with van der Waals surface area (Å²) in [6.07, 6.45) is 1.59. The lowest BCUT2D eigenvalue weighted by molar-refractivity contribution is 0.0929. The number of rotatable bonds is 9. The molecule has 8 nitrogen and oxygen atoms in total. The zero-order valence-corrected chi connectivity index (χ0v) is 18.3. The van der Waals surface area contributed by atoms with E-state index in [-0.39, 0.29) is 16.2 Å². The fourth-order valence-corrected chi connectivity index (χ4v) is 3.90. The number of amides is 1. The first-order valence-corrected chi connectivity index (χ1v) is 10.9. The highest BCUT2D eigenvalue weighted by Gasteiger charge is 2.24. The molecule has 0 spiro atoms.